The summed E-state index contributed by atoms with van der Waals surface area (Å²) in [6.45, 7) is 14.1. The molecule has 2 aromatic heterocycles. The van der Waals surface area contributed by atoms with Gasteiger partial charge in [0.15, 0.2) is 5.16 Å². The van der Waals surface area contributed by atoms with Gasteiger partial charge in [-0.05, 0) is 30.7 Å². The van der Waals surface area contributed by atoms with Crippen LogP contribution in [0.15, 0.2) is 29.6 Å². The summed E-state index contributed by atoms with van der Waals surface area (Å²) in [6.07, 6.45) is 1.79. The van der Waals surface area contributed by atoms with Crippen molar-refractivity contribution >= 4 is 30.9 Å². The average Bonchev–Trinajstić information content (AvgIpc) is 3.19. The summed E-state index contributed by atoms with van der Waals surface area (Å²) in [7, 11) is -1.21. The Bertz CT molecular complexity index is 1250. The molecule has 0 radical (unpaired) electrons. The fourth-order valence-corrected chi connectivity index (χ4v) is 5.73. The number of thioether (sulfide) groups is 1. The van der Waals surface area contributed by atoms with E-state index < -0.39 is 8.07 Å². The first-order chi connectivity index (χ1) is 17.2. The minimum absolute atomic E-state index is 0.296. The Hall–Kier alpha value is -2.29. The van der Waals surface area contributed by atoms with E-state index in [1.807, 2.05) is 11.5 Å². The molecule has 0 bridgehead atoms. The fraction of sp³-hybridized carbons (Fsp3) is 0.500. The zero-order valence-electron chi connectivity index (χ0n) is 21.5. The molecule has 0 atom stereocenters. The van der Waals surface area contributed by atoms with Crippen LogP contribution in [0.5, 0.6) is 0 Å². The van der Waals surface area contributed by atoms with Crippen molar-refractivity contribution < 1.29 is 13.9 Å². The number of nitriles is 1. The molecule has 36 heavy (non-hydrogen) atoms. The van der Waals surface area contributed by atoms with Crippen molar-refractivity contribution in [1.29, 1.82) is 5.26 Å². The van der Waals surface area contributed by atoms with Crippen molar-refractivity contribution in [3.63, 3.8) is 0 Å². The predicted molar refractivity (Wildman–Crippen MR) is 144 cm³/mol. The summed E-state index contributed by atoms with van der Waals surface area (Å²) in [5.41, 5.74) is 3.38. The molecule has 0 unspecified atom stereocenters. The van der Waals surface area contributed by atoms with Crippen molar-refractivity contribution in [2.24, 2.45) is 0 Å². The first-order valence-electron chi connectivity index (χ1n) is 12.3. The van der Waals surface area contributed by atoms with Gasteiger partial charge in [0.25, 0.3) is 0 Å². The third kappa shape index (κ3) is 6.72. The summed E-state index contributed by atoms with van der Waals surface area (Å²) in [6, 6.07) is 8.03. The number of halogens is 1. The largest absolute Gasteiger partial charge is 0.379 e. The molecule has 1 fully saturated rings. The molecule has 10 heteroatoms. The third-order valence-electron chi connectivity index (χ3n) is 6.23. The first-order valence-corrected chi connectivity index (χ1v) is 17.0. The van der Waals surface area contributed by atoms with Crippen molar-refractivity contribution in [3.8, 4) is 17.3 Å². The Balaban J connectivity index is 1.68. The number of aryl methyl sites for hydroxylation is 1. The zero-order valence-corrected chi connectivity index (χ0v) is 23.3. The van der Waals surface area contributed by atoms with Crippen LogP contribution in [-0.4, -0.2) is 72.7 Å². The van der Waals surface area contributed by atoms with Crippen molar-refractivity contribution in [3.05, 3.63) is 41.3 Å². The van der Waals surface area contributed by atoms with Crippen LogP contribution in [0.1, 0.15) is 11.1 Å². The molecule has 3 aromatic rings. The summed E-state index contributed by atoms with van der Waals surface area (Å²) in [5.74, 6) is 0.543. The number of ether oxygens (including phenoxy) is 2. The van der Waals surface area contributed by atoms with E-state index in [1.54, 1.807) is 24.0 Å². The van der Waals surface area contributed by atoms with E-state index in [2.05, 4.69) is 30.6 Å². The second-order valence-corrected chi connectivity index (χ2v) is 17.0. The maximum Gasteiger partial charge on any atom is 0.190 e. The molecule has 0 spiro atoms. The number of hydrogen-bond donors (Lipinski definition) is 0. The van der Waals surface area contributed by atoms with E-state index in [0.29, 0.717) is 40.8 Å². The molecule has 4 rings (SSSR count). The van der Waals surface area contributed by atoms with Crippen LogP contribution in [-0.2, 0) is 16.2 Å². The van der Waals surface area contributed by atoms with Crippen molar-refractivity contribution in [2.45, 2.75) is 44.5 Å². The van der Waals surface area contributed by atoms with Crippen LogP contribution >= 0.6 is 11.8 Å². The van der Waals surface area contributed by atoms with Gasteiger partial charge in [-0.1, -0.05) is 11.8 Å². The van der Waals surface area contributed by atoms with Gasteiger partial charge in [0.1, 0.15) is 24.3 Å². The van der Waals surface area contributed by atoms with E-state index in [9.17, 15) is 9.65 Å². The van der Waals surface area contributed by atoms with Crippen LogP contribution in [0.4, 0.5) is 4.39 Å². The third-order valence-corrected chi connectivity index (χ3v) is 8.76. The second-order valence-electron chi connectivity index (χ2n) is 10.3. The van der Waals surface area contributed by atoms with Gasteiger partial charge in [-0.3, -0.25) is 4.90 Å². The predicted octanol–water partition coefficient (Wildman–Crippen LogP) is 5.15. The molecule has 193 valence electrons. The molecular weight excluding hydrogens is 493 g/mol. The number of nitrogens with zero attached hydrogens (tertiary/aromatic N) is 5. The topological polar surface area (TPSA) is 76.2 Å². The molecule has 3 heterocycles. The van der Waals surface area contributed by atoms with Crippen LogP contribution in [0.2, 0.25) is 25.7 Å². The van der Waals surface area contributed by atoms with Gasteiger partial charge in [-0.25, -0.2) is 14.4 Å². The normalized spacial score (nSPS) is 14.9. The summed E-state index contributed by atoms with van der Waals surface area (Å²) < 4.78 is 27.2. The molecule has 1 saturated heterocycles. The molecule has 7 nitrogen and oxygen atoms in total. The Morgan fingerprint density at radius 1 is 1.22 bits per heavy atom. The lowest BCUT2D eigenvalue weighted by molar-refractivity contribution is 0.0410. The van der Waals surface area contributed by atoms with Crippen LogP contribution in [0, 0.1) is 24.1 Å². The van der Waals surface area contributed by atoms with Crippen molar-refractivity contribution in [2.75, 3.05) is 45.2 Å². The van der Waals surface area contributed by atoms with Gasteiger partial charge in [0.2, 0.25) is 0 Å². The SMILES string of the molecule is Cc1cc(F)ccc1-c1nc(SCCN2CCOCC2)nc2c1c(C#N)cn2COCC[Si-](C)(C)C. The first kappa shape index (κ1) is 26.8. The molecule has 1 aromatic carbocycles. The lowest BCUT2D eigenvalue weighted by Crippen LogP contribution is -2.37. The van der Waals surface area contributed by atoms with Crippen LogP contribution in [0.3, 0.4) is 0 Å². The highest BCUT2D eigenvalue weighted by Gasteiger charge is 2.20. The zero-order chi connectivity index (χ0) is 25.7. The highest BCUT2D eigenvalue weighted by Crippen LogP contribution is 2.34. The number of rotatable bonds is 10. The van der Waals surface area contributed by atoms with Gasteiger partial charge < -0.3 is 14.0 Å². The molecule has 0 amide bonds. The second kappa shape index (κ2) is 11.8. The van der Waals surface area contributed by atoms with E-state index in [-0.39, 0.29) is 5.82 Å². The average molecular weight is 528 g/mol. The highest BCUT2D eigenvalue weighted by molar-refractivity contribution is 7.99. The van der Waals surface area contributed by atoms with E-state index in [1.165, 1.54) is 12.1 Å². The number of benzene rings is 1. The summed E-state index contributed by atoms with van der Waals surface area (Å²) >= 11 is 1.59. The summed E-state index contributed by atoms with van der Waals surface area (Å²) in [4.78, 5) is 12.1. The van der Waals surface area contributed by atoms with Gasteiger partial charge >= 0.3 is 0 Å². The van der Waals surface area contributed by atoms with Gasteiger partial charge in [0.05, 0.1) is 29.9 Å². The lowest BCUT2D eigenvalue weighted by Gasteiger charge is -2.26. The Morgan fingerprint density at radius 2 is 2.00 bits per heavy atom. The van der Waals surface area contributed by atoms with E-state index in [4.69, 9.17) is 19.4 Å². The minimum atomic E-state index is -1.21. The quantitative estimate of drug-likeness (QED) is 0.156. The number of hydrogen-bond acceptors (Lipinski definition) is 7. The fourth-order valence-electron chi connectivity index (χ4n) is 4.13. The number of aromatic nitrogens is 3. The van der Waals surface area contributed by atoms with E-state index >= 15 is 0 Å². The Morgan fingerprint density at radius 3 is 2.69 bits per heavy atom. The van der Waals surface area contributed by atoms with Crippen LogP contribution in [0.25, 0.3) is 22.3 Å². The molecular formula is C26H34FN5O2SSi-. The molecule has 0 saturated carbocycles. The summed E-state index contributed by atoms with van der Waals surface area (Å²) in [5, 5.41) is 11.3. The maximum absolute atomic E-state index is 13.9. The molecule has 0 N–H and O–H groups in total. The van der Waals surface area contributed by atoms with E-state index in [0.717, 1.165) is 55.8 Å². The minimum Gasteiger partial charge on any atom is -0.379 e. The van der Waals surface area contributed by atoms with Gasteiger partial charge in [-0.15, -0.1) is 14.1 Å². The van der Waals surface area contributed by atoms with Crippen LogP contribution < -0.4 is 0 Å². The Kier molecular flexibility index (Phi) is 8.80. The highest BCUT2D eigenvalue weighted by atomic mass is 32.2. The number of morpholine rings is 1. The monoisotopic (exact) mass is 527 g/mol. The van der Waals surface area contributed by atoms with Gasteiger partial charge in [-0.2, -0.15) is 24.9 Å². The lowest BCUT2D eigenvalue weighted by atomic mass is 10.0. The molecule has 1 aliphatic rings. The molecule has 1 aliphatic heterocycles. The maximum atomic E-state index is 13.9. The standard InChI is InChI=1S/C26H34FN5O2SSi/c1-19-15-21(27)5-6-22(19)24-23-20(16-28)17-32(18-34-12-14-36(2,3)4)25(23)30-26(29-24)35-13-9-31-7-10-33-11-8-31/h5-6,15,17H,7-14,18H2,1-4H3/q-1. The van der Waals surface area contributed by atoms with Gasteiger partial charge in [0, 0.05) is 43.8 Å². The molecule has 0 aliphatic carbocycles. The number of fused-ring (bicyclic) bond motifs is 1. The smallest absolute Gasteiger partial charge is 0.190 e. The Labute approximate surface area is 217 Å². The van der Waals surface area contributed by atoms with Crippen molar-refractivity contribution in [1.82, 2.24) is 19.4 Å².